The van der Waals surface area contributed by atoms with Gasteiger partial charge in [0.05, 0.1) is 0 Å². The maximum atomic E-state index is 5.45. The van der Waals surface area contributed by atoms with Crippen molar-refractivity contribution in [2.75, 3.05) is 32.8 Å². The average molecular weight is 196 g/mol. The number of hydrogen-bond donors (Lipinski definition) is 1. The van der Waals surface area contributed by atoms with Crippen molar-refractivity contribution >= 4 is 0 Å². The molecule has 0 aromatic heterocycles. The zero-order valence-corrected chi connectivity index (χ0v) is 8.80. The summed E-state index contributed by atoms with van der Waals surface area (Å²) in [6, 6.07) is 0.928. The summed E-state index contributed by atoms with van der Waals surface area (Å²) < 4.78 is 5.45. The van der Waals surface area contributed by atoms with E-state index in [0.29, 0.717) is 5.54 Å². The topological polar surface area (TPSA) is 24.5 Å². The van der Waals surface area contributed by atoms with Crippen molar-refractivity contribution in [2.45, 2.75) is 37.3 Å². The van der Waals surface area contributed by atoms with Crippen LogP contribution in [0.4, 0.5) is 0 Å². The monoisotopic (exact) mass is 196 g/mol. The first kappa shape index (κ1) is 9.13. The van der Waals surface area contributed by atoms with Gasteiger partial charge in [0.1, 0.15) is 0 Å². The van der Waals surface area contributed by atoms with Gasteiger partial charge in [-0.15, -0.1) is 0 Å². The van der Waals surface area contributed by atoms with E-state index in [1.54, 1.807) is 0 Å². The van der Waals surface area contributed by atoms with Crippen LogP contribution in [0.5, 0.6) is 0 Å². The molecule has 0 bridgehead atoms. The minimum absolute atomic E-state index is 0.402. The third-order valence-corrected chi connectivity index (χ3v) is 3.92. The zero-order valence-electron chi connectivity index (χ0n) is 8.80. The summed E-state index contributed by atoms with van der Waals surface area (Å²) in [6.45, 7) is 5.60. The minimum Gasteiger partial charge on any atom is -0.381 e. The first-order chi connectivity index (χ1) is 6.88. The van der Waals surface area contributed by atoms with Crippen LogP contribution in [0.3, 0.4) is 0 Å². The molecule has 3 heteroatoms. The van der Waals surface area contributed by atoms with Crippen molar-refractivity contribution in [2.24, 2.45) is 0 Å². The zero-order chi connectivity index (χ0) is 9.43. The second-order valence-corrected chi connectivity index (χ2v) is 5.02. The summed E-state index contributed by atoms with van der Waals surface area (Å²) in [4.78, 5) is 2.70. The molecule has 0 unspecified atom stereocenters. The van der Waals surface area contributed by atoms with Gasteiger partial charge in [-0.2, -0.15) is 0 Å². The van der Waals surface area contributed by atoms with E-state index in [2.05, 4.69) is 10.2 Å². The second kappa shape index (κ2) is 3.47. The predicted molar refractivity (Wildman–Crippen MR) is 55.4 cm³/mol. The molecule has 3 fully saturated rings. The van der Waals surface area contributed by atoms with Gasteiger partial charge in [0.25, 0.3) is 0 Å². The SMILES string of the molecule is C1CN(C2CC2)CC2(CCOCC2)N1. The molecule has 0 aromatic rings. The lowest BCUT2D eigenvalue weighted by molar-refractivity contribution is 0.00464. The van der Waals surface area contributed by atoms with Crippen molar-refractivity contribution in [3.63, 3.8) is 0 Å². The third-order valence-electron chi connectivity index (χ3n) is 3.92. The van der Waals surface area contributed by atoms with Gasteiger partial charge in [-0.3, -0.25) is 4.90 Å². The summed E-state index contributed by atoms with van der Waals surface area (Å²) >= 11 is 0. The molecule has 0 aromatic carbocycles. The van der Waals surface area contributed by atoms with Crippen molar-refractivity contribution in [3.8, 4) is 0 Å². The molecule has 2 saturated heterocycles. The third kappa shape index (κ3) is 1.69. The minimum atomic E-state index is 0.402. The fourth-order valence-corrected chi connectivity index (χ4v) is 2.84. The average Bonchev–Trinajstić information content (AvgIpc) is 3.02. The number of hydrogen-bond acceptors (Lipinski definition) is 3. The Hall–Kier alpha value is -0.120. The highest BCUT2D eigenvalue weighted by Gasteiger charge is 2.40. The number of piperazine rings is 1. The van der Waals surface area contributed by atoms with Crippen molar-refractivity contribution in [1.29, 1.82) is 0 Å². The largest absolute Gasteiger partial charge is 0.381 e. The molecule has 80 valence electrons. The van der Waals surface area contributed by atoms with Gasteiger partial charge in [-0.25, -0.2) is 0 Å². The number of rotatable bonds is 1. The van der Waals surface area contributed by atoms with E-state index in [-0.39, 0.29) is 0 Å². The first-order valence-corrected chi connectivity index (χ1v) is 5.95. The van der Waals surface area contributed by atoms with Crippen LogP contribution < -0.4 is 5.32 Å². The van der Waals surface area contributed by atoms with E-state index in [1.165, 1.54) is 45.3 Å². The van der Waals surface area contributed by atoms with E-state index < -0.39 is 0 Å². The van der Waals surface area contributed by atoms with Crippen molar-refractivity contribution in [3.05, 3.63) is 0 Å². The Bertz CT molecular complexity index is 204. The molecule has 0 amide bonds. The van der Waals surface area contributed by atoms with Crippen LogP contribution in [0.25, 0.3) is 0 Å². The highest BCUT2D eigenvalue weighted by molar-refractivity contribution is 4.99. The van der Waals surface area contributed by atoms with Crippen molar-refractivity contribution in [1.82, 2.24) is 10.2 Å². The van der Waals surface area contributed by atoms with Gasteiger partial charge >= 0.3 is 0 Å². The van der Waals surface area contributed by atoms with E-state index in [9.17, 15) is 0 Å². The normalized spacial score (nSPS) is 33.4. The second-order valence-electron chi connectivity index (χ2n) is 5.02. The van der Waals surface area contributed by atoms with Crippen LogP contribution in [0.1, 0.15) is 25.7 Å². The first-order valence-electron chi connectivity index (χ1n) is 5.95. The molecule has 3 nitrogen and oxygen atoms in total. The van der Waals surface area contributed by atoms with Crippen LogP contribution in [0.2, 0.25) is 0 Å². The molecule has 0 radical (unpaired) electrons. The standard InChI is InChI=1S/C11H20N2O/c1-2-10(1)13-6-5-12-11(9-13)3-7-14-8-4-11/h10,12H,1-9H2. The van der Waals surface area contributed by atoms with E-state index in [1.807, 2.05) is 0 Å². The Balaban J connectivity index is 1.66. The quantitative estimate of drug-likeness (QED) is 0.665. The van der Waals surface area contributed by atoms with Crippen LogP contribution in [-0.4, -0.2) is 49.3 Å². The maximum Gasteiger partial charge on any atom is 0.0484 e. The Morgan fingerprint density at radius 2 is 2.00 bits per heavy atom. The van der Waals surface area contributed by atoms with Gasteiger partial charge in [-0.05, 0) is 25.7 Å². The molecular weight excluding hydrogens is 176 g/mol. The molecule has 1 saturated carbocycles. The summed E-state index contributed by atoms with van der Waals surface area (Å²) in [5.74, 6) is 0. The van der Waals surface area contributed by atoms with Crippen LogP contribution in [0, 0.1) is 0 Å². The summed E-state index contributed by atoms with van der Waals surface area (Å²) in [7, 11) is 0. The highest BCUT2D eigenvalue weighted by atomic mass is 16.5. The fraction of sp³-hybridized carbons (Fsp3) is 1.00. The number of nitrogens with zero attached hydrogens (tertiary/aromatic N) is 1. The van der Waals surface area contributed by atoms with Gasteiger partial charge < -0.3 is 10.1 Å². The molecule has 1 aliphatic carbocycles. The molecule has 14 heavy (non-hydrogen) atoms. The van der Waals surface area contributed by atoms with Crippen LogP contribution in [0.15, 0.2) is 0 Å². The van der Waals surface area contributed by atoms with Gasteiger partial charge in [0.2, 0.25) is 0 Å². The molecule has 3 rings (SSSR count). The predicted octanol–water partition coefficient (Wildman–Crippen LogP) is 0.603. The lowest BCUT2D eigenvalue weighted by Crippen LogP contribution is -2.62. The smallest absolute Gasteiger partial charge is 0.0484 e. The van der Waals surface area contributed by atoms with Gasteiger partial charge in [0, 0.05) is 44.4 Å². The van der Waals surface area contributed by atoms with Gasteiger partial charge in [-0.1, -0.05) is 0 Å². The van der Waals surface area contributed by atoms with Crippen molar-refractivity contribution < 1.29 is 4.74 Å². The Morgan fingerprint density at radius 3 is 2.71 bits per heavy atom. The summed E-state index contributed by atoms with van der Waals surface area (Å²) in [5, 5.41) is 3.73. The molecule has 2 aliphatic heterocycles. The summed E-state index contributed by atoms with van der Waals surface area (Å²) in [6.07, 6.45) is 5.28. The fourth-order valence-electron chi connectivity index (χ4n) is 2.84. The lowest BCUT2D eigenvalue weighted by Gasteiger charge is -2.46. The van der Waals surface area contributed by atoms with E-state index >= 15 is 0 Å². The molecular formula is C11H20N2O. The van der Waals surface area contributed by atoms with Gasteiger partial charge in [0.15, 0.2) is 0 Å². The Morgan fingerprint density at radius 1 is 1.21 bits per heavy atom. The highest BCUT2D eigenvalue weighted by Crippen LogP contribution is 2.32. The van der Waals surface area contributed by atoms with E-state index in [4.69, 9.17) is 4.74 Å². The van der Waals surface area contributed by atoms with E-state index in [0.717, 1.165) is 19.3 Å². The molecule has 3 aliphatic rings. The molecule has 1 spiro atoms. The maximum absolute atomic E-state index is 5.45. The lowest BCUT2D eigenvalue weighted by atomic mass is 9.87. The Kier molecular flexibility index (Phi) is 2.26. The Labute approximate surface area is 85.8 Å². The summed E-state index contributed by atoms with van der Waals surface area (Å²) in [5.41, 5.74) is 0.402. The molecule has 2 heterocycles. The van der Waals surface area contributed by atoms with Crippen LogP contribution >= 0.6 is 0 Å². The number of nitrogens with one attached hydrogen (secondary N) is 1. The van der Waals surface area contributed by atoms with Crippen LogP contribution in [-0.2, 0) is 4.74 Å². The molecule has 0 atom stereocenters. The molecule has 1 N–H and O–H groups in total. The number of ether oxygens (including phenoxy) is 1.